The fourth-order valence-corrected chi connectivity index (χ4v) is 4.68. The maximum atomic E-state index is 12.3. The molecule has 3 aromatic rings. The highest BCUT2D eigenvalue weighted by Gasteiger charge is 2.25. The summed E-state index contributed by atoms with van der Waals surface area (Å²) in [5, 5.41) is 14.8. The van der Waals surface area contributed by atoms with Gasteiger partial charge in [0, 0.05) is 11.1 Å². The smallest absolute Gasteiger partial charge is 0.232 e. The zero-order chi connectivity index (χ0) is 22.0. The van der Waals surface area contributed by atoms with Gasteiger partial charge >= 0.3 is 0 Å². The minimum atomic E-state index is -3.57. The molecule has 0 fully saturated rings. The van der Waals surface area contributed by atoms with Crippen molar-refractivity contribution in [1.82, 2.24) is 0 Å². The SMILES string of the molecule is Cc1cccc(N(C[C@H](O)CON=C2c3ccccc3-c3ccccc32)S(C)(=O)=O)c1. The molecule has 1 atom stereocenters. The second-order valence-corrected chi connectivity index (χ2v) is 9.52. The molecular formula is C24H24N2O4S. The molecule has 1 N–H and O–H groups in total. The van der Waals surface area contributed by atoms with Crippen LogP contribution in [0.5, 0.6) is 0 Å². The average Bonchev–Trinajstić information content (AvgIpc) is 3.05. The van der Waals surface area contributed by atoms with Crippen molar-refractivity contribution in [3.63, 3.8) is 0 Å². The number of aliphatic hydroxyl groups is 1. The summed E-state index contributed by atoms with van der Waals surface area (Å²) in [5.41, 5.74) is 6.25. The Kier molecular flexibility index (Phi) is 5.80. The molecule has 0 heterocycles. The van der Waals surface area contributed by atoms with E-state index in [1.165, 1.54) is 4.31 Å². The minimum Gasteiger partial charge on any atom is -0.392 e. The summed E-state index contributed by atoms with van der Waals surface area (Å²) in [4.78, 5) is 5.48. The molecule has 3 aromatic carbocycles. The van der Waals surface area contributed by atoms with Gasteiger partial charge in [-0.05, 0) is 35.7 Å². The van der Waals surface area contributed by atoms with E-state index < -0.39 is 16.1 Å². The Morgan fingerprint density at radius 3 is 2.06 bits per heavy atom. The van der Waals surface area contributed by atoms with Crippen molar-refractivity contribution >= 4 is 21.4 Å². The van der Waals surface area contributed by atoms with Crippen molar-refractivity contribution < 1.29 is 18.4 Å². The van der Waals surface area contributed by atoms with E-state index >= 15 is 0 Å². The van der Waals surface area contributed by atoms with E-state index in [2.05, 4.69) is 5.16 Å². The van der Waals surface area contributed by atoms with E-state index in [1.807, 2.05) is 61.5 Å². The van der Waals surface area contributed by atoms with Crippen molar-refractivity contribution in [3.05, 3.63) is 89.5 Å². The number of rotatable bonds is 7. The maximum absolute atomic E-state index is 12.3. The van der Waals surface area contributed by atoms with Crippen LogP contribution in [0.25, 0.3) is 11.1 Å². The van der Waals surface area contributed by atoms with Gasteiger partial charge in [-0.15, -0.1) is 0 Å². The summed E-state index contributed by atoms with van der Waals surface area (Å²) in [6.07, 6.45) is 0.0710. The first-order valence-electron chi connectivity index (χ1n) is 9.96. The molecule has 1 aliphatic carbocycles. The van der Waals surface area contributed by atoms with Crippen LogP contribution in [0.15, 0.2) is 78.0 Å². The van der Waals surface area contributed by atoms with Crippen molar-refractivity contribution in [2.75, 3.05) is 23.7 Å². The third-order valence-electron chi connectivity index (χ3n) is 5.14. The highest BCUT2D eigenvalue weighted by molar-refractivity contribution is 7.92. The van der Waals surface area contributed by atoms with E-state index in [4.69, 9.17) is 4.84 Å². The molecule has 4 rings (SSSR count). The predicted molar refractivity (Wildman–Crippen MR) is 123 cm³/mol. The van der Waals surface area contributed by atoms with E-state index in [-0.39, 0.29) is 13.2 Å². The van der Waals surface area contributed by atoms with E-state index in [9.17, 15) is 13.5 Å². The molecule has 0 bridgehead atoms. The molecule has 0 aliphatic heterocycles. The Balaban J connectivity index is 1.50. The molecule has 6 nitrogen and oxygen atoms in total. The summed E-state index contributed by atoms with van der Waals surface area (Å²) in [6, 6.07) is 23.0. The lowest BCUT2D eigenvalue weighted by atomic mass is 10.1. The number of nitrogens with zero attached hydrogens (tertiary/aromatic N) is 2. The molecule has 0 spiro atoms. The summed E-state index contributed by atoms with van der Waals surface area (Å²) in [7, 11) is -3.57. The van der Waals surface area contributed by atoms with E-state index in [0.29, 0.717) is 11.4 Å². The topological polar surface area (TPSA) is 79.2 Å². The van der Waals surface area contributed by atoms with Crippen LogP contribution in [0, 0.1) is 6.92 Å². The second kappa shape index (κ2) is 8.53. The molecular weight excluding hydrogens is 412 g/mol. The summed E-state index contributed by atoms with van der Waals surface area (Å²) in [5.74, 6) is 0. The Labute approximate surface area is 182 Å². The van der Waals surface area contributed by atoms with Gasteiger partial charge in [0.25, 0.3) is 0 Å². The zero-order valence-electron chi connectivity index (χ0n) is 17.4. The van der Waals surface area contributed by atoms with Gasteiger partial charge in [0.1, 0.15) is 18.4 Å². The minimum absolute atomic E-state index is 0.125. The molecule has 160 valence electrons. The lowest BCUT2D eigenvalue weighted by Crippen LogP contribution is -2.38. The third kappa shape index (κ3) is 4.47. The Bertz CT molecular complexity index is 1190. The van der Waals surface area contributed by atoms with Gasteiger partial charge in [0.15, 0.2) is 0 Å². The van der Waals surface area contributed by atoms with Gasteiger partial charge in [-0.2, -0.15) is 0 Å². The van der Waals surface area contributed by atoms with Gasteiger partial charge < -0.3 is 9.94 Å². The van der Waals surface area contributed by atoms with Gasteiger partial charge in [0.2, 0.25) is 10.0 Å². The average molecular weight is 437 g/mol. The summed E-state index contributed by atoms with van der Waals surface area (Å²) < 4.78 is 25.7. The maximum Gasteiger partial charge on any atom is 0.232 e. The lowest BCUT2D eigenvalue weighted by molar-refractivity contribution is 0.0456. The van der Waals surface area contributed by atoms with E-state index in [0.717, 1.165) is 34.1 Å². The number of benzene rings is 3. The van der Waals surface area contributed by atoms with Crippen LogP contribution in [-0.2, 0) is 14.9 Å². The summed E-state index contributed by atoms with van der Waals surface area (Å²) in [6.45, 7) is 1.63. The number of aliphatic hydroxyl groups excluding tert-OH is 1. The molecule has 31 heavy (non-hydrogen) atoms. The van der Waals surface area contributed by atoms with Crippen LogP contribution < -0.4 is 4.31 Å². The quantitative estimate of drug-likeness (QED) is 0.449. The van der Waals surface area contributed by atoms with Crippen LogP contribution in [0.1, 0.15) is 16.7 Å². The van der Waals surface area contributed by atoms with Crippen LogP contribution in [0.2, 0.25) is 0 Å². The normalized spacial score (nSPS) is 13.3. The molecule has 0 aromatic heterocycles. The number of anilines is 1. The predicted octanol–water partition coefficient (Wildman–Crippen LogP) is 3.57. The Hall–Kier alpha value is -3.16. The van der Waals surface area contributed by atoms with E-state index in [1.54, 1.807) is 18.2 Å². The number of hydrogen-bond donors (Lipinski definition) is 1. The summed E-state index contributed by atoms with van der Waals surface area (Å²) >= 11 is 0. The first kappa shape index (κ1) is 21.1. The molecule has 0 amide bonds. The number of fused-ring (bicyclic) bond motifs is 3. The largest absolute Gasteiger partial charge is 0.392 e. The number of aryl methyl sites for hydroxylation is 1. The van der Waals surface area contributed by atoms with Crippen molar-refractivity contribution in [2.45, 2.75) is 13.0 Å². The fraction of sp³-hybridized carbons (Fsp3) is 0.208. The lowest BCUT2D eigenvalue weighted by Gasteiger charge is -2.25. The number of oxime groups is 1. The Morgan fingerprint density at radius 1 is 0.935 bits per heavy atom. The molecule has 0 saturated heterocycles. The Morgan fingerprint density at radius 2 is 1.52 bits per heavy atom. The van der Waals surface area contributed by atoms with Gasteiger partial charge in [-0.1, -0.05) is 65.8 Å². The van der Waals surface area contributed by atoms with Crippen LogP contribution in [0.4, 0.5) is 5.69 Å². The van der Waals surface area contributed by atoms with Crippen molar-refractivity contribution in [3.8, 4) is 11.1 Å². The first-order valence-corrected chi connectivity index (χ1v) is 11.8. The molecule has 0 radical (unpaired) electrons. The standard InChI is InChI=1S/C24H24N2O4S/c1-17-8-7-9-18(14-17)26(31(2,28)29)15-19(27)16-30-25-24-22-12-5-3-10-20(22)21-11-4-6-13-23(21)24/h3-14,19,27H,15-16H2,1-2H3/t19-/m0/s1. The van der Waals surface area contributed by atoms with Crippen molar-refractivity contribution in [1.29, 1.82) is 0 Å². The first-order chi connectivity index (χ1) is 14.8. The number of hydrogen-bond acceptors (Lipinski definition) is 5. The molecule has 1 aliphatic rings. The van der Waals surface area contributed by atoms with Gasteiger partial charge in [-0.3, -0.25) is 4.31 Å². The highest BCUT2D eigenvalue weighted by Crippen LogP contribution is 2.36. The fourth-order valence-electron chi connectivity index (χ4n) is 3.74. The van der Waals surface area contributed by atoms with Crippen LogP contribution >= 0.6 is 0 Å². The van der Waals surface area contributed by atoms with Crippen LogP contribution in [0.3, 0.4) is 0 Å². The van der Waals surface area contributed by atoms with Gasteiger partial charge in [-0.25, -0.2) is 8.42 Å². The monoisotopic (exact) mass is 436 g/mol. The third-order valence-corrected chi connectivity index (χ3v) is 6.30. The zero-order valence-corrected chi connectivity index (χ0v) is 18.2. The van der Waals surface area contributed by atoms with Crippen LogP contribution in [-0.4, -0.2) is 44.7 Å². The highest BCUT2D eigenvalue weighted by atomic mass is 32.2. The molecule has 0 unspecified atom stereocenters. The van der Waals surface area contributed by atoms with Crippen molar-refractivity contribution in [2.24, 2.45) is 5.16 Å². The molecule has 7 heteroatoms. The van der Waals surface area contributed by atoms with Gasteiger partial charge in [0.05, 0.1) is 18.5 Å². The second-order valence-electron chi connectivity index (χ2n) is 7.61. The number of sulfonamides is 1. The molecule has 0 saturated carbocycles.